The van der Waals surface area contributed by atoms with Gasteiger partial charge in [0, 0.05) is 10.9 Å². The summed E-state index contributed by atoms with van der Waals surface area (Å²) in [6.45, 7) is 0. The van der Waals surface area contributed by atoms with Crippen LogP contribution in [-0.4, -0.2) is 7.11 Å². The number of hydrogen-bond donors (Lipinski definition) is 0. The Kier molecular flexibility index (Phi) is 5.81. The molecule has 6 aromatic rings. The molecule has 0 aliphatic heterocycles. The largest absolute Gasteiger partial charge is 0.496 e. The molecule has 0 aliphatic rings. The van der Waals surface area contributed by atoms with Crippen molar-refractivity contribution in [2.24, 2.45) is 0 Å². The molecular formula is C35H26O. The molecule has 0 unspecified atom stereocenters. The Morgan fingerprint density at radius 1 is 0.361 bits per heavy atom. The zero-order chi connectivity index (χ0) is 24.3. The summed E-state index contributed by atoms with van der Waals surface area (Å²) >= 11 is 0. The van der Waals surface area contributed by atoms with E-state index in [4.69, 9.17) is 4.74 Å². The lowest BCUT2D eigenvalue weighted by atomic mass is 9.78. The molecule has 1 nitrogen and oxygen atoms in total. The summed E-state index contributed by atoms with van der Waals surface area (Å²) in [5.41, 5.74) is 9.57. The Morgan fingerprint density at radius 2 is 0.750 bits per heavy atom. The van der Waals surface area contributed by atoms with Crippen LogP contribution in [0, 0.1) is 0 Å². The first-order chi connectivity index (χ1) is 17.9. The van der Waals surface area contributed by atoms with Crippen molar-refractivity contribution in [3.63, 3.8) is 0 Å². The standard InChI is InChI=1S/C35H26O/c1-36-30-24-14-23-29-31(25-15-6-2-7-16-25)32(26-17-8-3-9-18-26)33(27-19-10-4-11-20-27)34(35(29)30)28-21-12-5-13-22-28/h2-24H,1H3. The number of methoxy groups -OCH3 is 1. The summed E-state index contributed by atoms with van der Waals surface area (Å²) in [5.74, 6) is 0.875. The fourth-order valence-electron chi connectivity index (χ4n) is 5.26. The van der Waals surface area contributed by atoms with Gasteiger partial charge in [-0.3, -0.25) is 0 Å². The van der Waals surface area contributed by atoms with Gasteiger partial charge in [0.25, 0.3) is 0 Å². The van der Waals surface area contributed by atoms with E-state index in [1.807, 2.05) is 0 Å². The second-order valence-electron chi connectivity index (χ2n) is 8.85. The number of ether oxygens (including phenoxy) is 1. The molecule has 172 valence electrons. The lowest BCUT2D eigenvalue weighted by molar-refractivity contribution is 0.420. The molecule has 0 aromatic heterocycles. The zero-order valence-corrected chi connectivity index (χ0v) is 20.2. The highest BCUT2D eigenvalue weighted by Gasteiger charge is 2.25. The Hall–Kier alpha value is -4.62. The van der Waals surface area contributed by atoms with Crippen molar-refractivity contribution in [1.29, 1.82) is 0 Å². The molecule has 0 atom stereocenters. The van der Waals surface area contributed by atoms with Gasteiger partial charge in [0.2, 0.25) is 0 Å². The number of benzene rings is 6. The Bertz CT molecular complexity index is 1620. The van der Waals surface area contributed by atoms with Crippen LogP contribution in [0.3, 0.4) is 0 Å². The van der Waals surface area contributed by atoms with E-state index in [2.05, 4.69) is 140 Å². The molecule has 0 N–H and O–H groups in total. The summed E-state index contributed by atoms with van der Waals surface area (Å²) in [6.07, 6.45) is 0. The van der Waals surface area contributed by atoms with E-state index >= 15 is 0 Å². The fourth-order valence-corrected chi connectivity index (χ4v) is 5.26. The van der Waals surface area contributed by atoms with Crippen LogP contribution in [0.15, 0.2) is 140 Å². The number of fused-ring (bicyclic) bond motifs is 1. The highest BCUT2D eigenvalue weighted by molar-refractivity contribution is 6.19. The van der Waals surface area contributed by atoms with Gasteiger partial charge in [0.05, 0.1) is 7.11 Å². The van der Waals surface area contributed by atoms with Crippen LogP contribution in [0.4, 0.5) is 0 Å². The van der Waals surface area contributed by atoms with Crippen LogP contribution in [-0.2, 0) is 0 Å². The van der Waals surface area contributed by atoms with Crippen molar-refractivity contribution < 1.29 is 4.74 Å². The lowest BCUT2D eigenvalue weighted by Crippen LogP contribution is -1.99. The molecule has 36 heavy (non-hydrogen) atoms. The third-order valence-corrected chi connectivity index (χ3v) is 6.77. The second-order valence-corrected chi connectivity index (χ2v) is 8.85. The highest BCUT2D eigenvalue weighted by Crippen LogP contribution is 2.52. The van der Waals surface area contributed by atoms with Crippen molar-refractivity contribution in [3.05, 3.63) is 140 Å². The normalized spacial score (nSPS) is 10.9. The summed E-state index contributed by atoms with van der Waals surface area (Å²) in [6, 6.07) is 49.3. The summed E-state index contributed by atoms with van der Waals surface area (Å²) in [7, 11) is 1.76. The van der Waals surface area contributed by atoms with Crippen molar-refractivity contribution in [3.8, 4) is 50.3 Å². The van der Waals surface area contributed by atoms with Crippen LogP contribution >= 0.6 is 0 Å². The van der Waals surface area contributed by atoms with Gasteiger partial charge in [-0.05, 0) is 50.4 Å². The molecule has 6 rings (SSSR count). The number of rotatable bonds is 5. The van der Waals surface area contributed by atoms with Crippen molar-refractivity contribution in [2.75, 3.05) is 7.11 Å². The van der Waals surface area contributed by atoms with E-state index < -0.39 is 0 Å². The molecule has 0 aliphatic carbocycles. The predicted molar refractivity (Wildman–Crippen MR) is 152 cm³/mol. The first-order valence-corrected chi connectivity index (χ1v) is 12.2. The van der Waals surface area contributed by atoms with E-state index in [1.54, 1.807) is 7.11 Å². The van der Waals surface area contributed by atoms with E-state index in [1.165, 1.54) is 49.9 Å². The van der Waals surface area contributed by atoms with Crippen molar-refractivity contribution in [1.82, 2.24) is 0 Å². The third kappa shape index (κ3) is 3.76. The quantitative estimate of drug-likeness (QED) is 0.248. The van der Waals surface area contributed by atoms with Crippen molar-refractivity contribution in [2.45, 2.75) is 0 Å². The first-order valence-electron chi connectivity index (χ1n) is 12.2. The molecule has 0 spiro atoms. The molecule has 0 bridgehead atoms. The average Bonchev–Trinajstić information content (AvgIpc) is 2.97. The minimum Gasteiger partial charge on any atom is -0.496 e. The monoisotopic (exact) mass is 462 g/mol. The van der Waals surface area contributed by atoms with Gasteiger partial charge in [-0.2, -0.15) is 0 Å². The van der Waals surface area contributed by atoms with Crippen molar-refractivity contribution >= 4 is 10.8 Å². The maximum absolute atomic E-state index is 6.02. The van der Waals surface area contributed by atoms with Gasteiger partial charge in [-0.1, -0.05) is 133 Å². The molecule has 0 saturated carbocycles. The Labute approximate surface area is 212 Å². The molecule has 0 fully saturated rings. The second kappa shape index (κ2) is 9.56. The highest BCUT2D eigenvalue weighted by atomic mass is 16.5. The van der Waals surface area contributed by atoms with Crippen LogP contribution in [0.5, 0.6) is 5.75 Å². The van der Waals surface area contributed by atoms with Gasteiger partial charge in [-0.25, -0.2) is 0 Å². The minimum atomic E-state index is 0.875. The van der Waals surface area contributed by atoms with E-state index in [0.717, 1.165) is 11.1 Å². The minimum absolute atomic E-state index is 0.875. The summed E-state index contributed by atoms with van der Waals surface area (Å²) in [4.78, 5) is 0. The molecule has 6 aromatic carbocycles. The van der Waals surface area contributed by atoms with Gasteiger partial charge in [-0.15, -0.1) is 0 Å². The van der Waals surface area contributed by atoms with E-state index in [0.29, 0.717) is 0 Å². The van der Waals surface area contributed by atoms with Crippen LogP contribution < -0.4 is 4.74 Å². The van der Waals surface area contributed by atoms with Gasteiger partial charge in [0.1, 0.15) is 5.75 Å². The molecule has 0 radical (unpaired) electrons. The third-order valence-electron chi connectivity index (χ3n) is 6.77. The Morgan fingerprint density at radius 3 is 1.19 bits per heavy atom. The summed E-state index contributed by atoms with van der Waals surface area (Å²) in [5, 5.41) is 2.31. The van der Waals surface area contributed by atoms with Gasteiger partial charge < -0.3 is 4.74 Å². The van der Waals surface area contributed by atoms with Crippen LogP contribution in [0.2, 0.25) is 0 Å². The number of hydrogen-bond acceptors (Lipinski definition) is 1. The predicted octanol–water partition coefficient (Wildman–Crippen LogP) is 9.52. The fraction of sp³-hybridized carbons (Fsp3) is 0.0286. The molecule has 1 heteroatoms. The lowest BCUT2D eigenvalue weighted by Gasteiger charge is -2.25. The first kappa shape index (κ1) is 21.9. The van der Waals surface area contributed by atoms with E-state index in [-0.39, 0.29) is 0 Å². The Balaban J connectivity index is 1.93. The summed E-state index contributed by atoms with van der Waals surface area (Å²) < 4.78 is 6.02. The van der Waals surface area contributed by atoms with E-state index in [9.17, 15) is 0 Å². The maximum Gasteiger partial charge on any atom is 0.127 e. The topological polar surface area (TPSA) is 9.23 Å². The maximum atomic E-state index is 6.02. The van der Waals surface area contributed by atoms with Crippen LogP contribution in [0.1, 0.15) is 0 Å². The van der Waals surface area contributed by atoms with Crippen LogP contribution in [0.25, 0.3) is 55.3 Å². The SMILES string of the molecule is COc1cccc2c(-c3ccccc3)c(-c3ccccc3)c(-c3ccccc3)c(-c3ccccc3)c12. The van der Waals surface area contributed by atoms with Gasteiger partial charge in [0.15, 0.2) is 0 Å². The average molecular weight is 463 g/mol. The molecule has 0 heterocycles. The zero-order valence-electron chi connectivity index (χ0n) is 20.2. The van der Waals surface area contributed by atoms with Gasteiger partial charge >= 0.3 is 0 Å². The molecule has 0 saturated heterocycles. The smallest absolute Gasteiger partial charge is 0.127 e. The molecular weight excluding hydrogens is 436 g/mol. The molecule has 0 amide bonds.